The van der Waals surface area contributed by atoms with Crippen LogP contribution in [0.1, 0.15) is 35.6 Å². The maximum atomic E-state index is 12.3. The number of nitrogens with zero attached hydrogens (tertiary/aromatic N) is 1. The van der Waals surface area contributed by atoms with Crippen LogP contribution in [0.25, 0.3) is 9.88 Å². The van der Waals surface area contributed by atoms with Crippen LogP contribution in [0.3, 0.4) is 0 Å². The molecule has 0 aromatic carbocycles. The van der Waals surface area contributed by atoms with Crippen LogP contribution in [0.2, 0.25) is 0 Å². The van der Waals surface area contributed by atoms with Crippen LogP contribution < -0.4 is 5.32 Å². The molecular formula is C14H16N2O3S2. The van der Waals surface area contributed by atoms with Gasteiger partial charge in [0.1, 0.15) is 9.88 Å². The van der Waals surface area contributed by atoms with Crippen LogP contribution in [0, 0.1) is 6.92 Å². The van der Waals surface area contributed by atoms with Crippen molar-refractivity contribution in [3.05, 3.63) is 28.1 Å². The molecule has 7 heteroatoms. The zero-order chi connectivity index (χ0) is 15.6. The summed E-state index contributed by atoms with van der Waals surface area (Å²) in [6.07, 6.45) is -0.131. The number of amides is 1. The number of carbonyl (C=O) groups excluding carboxylic acids is 1. The summed E-state index contributed by atoms with van der Waals surface area (Å²) < 4.78 is 0. The van der Waals surface area contributed by atoms with Gasteiger partial charge in [0.15, 0.2) is 0 Å². The van der Waals surface area contributed by atoms with Gasteiger partial charge < -0.3 is 10.4 Å². The number of aliphatic carboxylic acids is 1. The van der Waals surface area contributed by atoms with E-state index in [9.17, 15) is 9.59 Å². The van der Waals surface area contributed by atoms with Gasteiger partial charge in [0, 0.05) is 5.54 Å². The van der Waals surface area contributed by atoms with Crippen molar-refractivity contribution >= 4 is 34.6 Å². The van der Waals surface area contributed by atoms with Gasteiger partial charge >= 0.3 is 5.97 Å². The second-order valence-corrected chi connectivity index (χ2v) is 7.27. The summed E-state index contributed by atoms with van der Waals surface area (Å²) in [5, 5.41) is 14.4. The fourth-order valence-corrected chi connectivity index (χ4v) is 3.66. The fourth-order valence-electron chi connectivity index (χ4n) is 1.90. The van der Waals surface area contributed by atoms with Crippen LogP contribution in [0.15, 0.2) is 17.5 Å². The Hall–Kier alpha value is -1.73. The SMILES string of the molecule is Cc1nc(-c2cccs2)sc1C(=O)NC(C)(C)CC(=O)O. The van der Waals surface area contributed by atoms with Gasteiger partial charge in [-0.25, -0.2) is 4.98 Å². The highest BCUT2D eigenvalue weighted by Gasteiger charge is 2.26. The summed E-state index contributed by atoms with van der Waals surface area (Å²) in [6.45, 7) is 5.16. The number of carboxylic acids is 1. The molecular weight excluding hydrogens is 308 g/mol. The number of carboxylic acid groups (broad SMARTS) is 1. The number of nitrogens with one attached hydrogen (secondary N) is 1. The van der Waals surface area contributed by atoms with Gasteiger partial charge in [-0.2, -0.15) is 0 Å². The number of aromatic nitrogens is 1. The Bertz CT molecular complexity index is 660. The van der Waals surface area contributed by atoms with E-state index in [0.29, 0.717) is 10.6 Å². The fraction of sp³-hybridized carbons (Fsp3) is 0.357. The quantitative estimate of drug-likeness (QED) is 0.885. The number of hydrogen-bond acceptors (Lipinski definition) is 5. The van der Waals surface area contributed by atoms with Crippen molar-refractivity contribution in [1.82, 2.24) is 10.3 Å². The molecule has 0 aliphatic rings. The lowest BCUT2D eigenvalue weighted by Crippen LogP contribution is -2.44. The molecule has 0 aliphatic carbocycles. The van der Waals surface area contributed by atoms with Gasteiger partial charge in [-0.3, -0.25) is 9.59 Å². The maximum Gasteiger partial charge on any atom is 0.305 e. The summed E-state index contributed by atoms with van der Waals surface area (Å²) in [5.41, 5.74) is -0.144. The third-order valence-corrected chi connectivity index (χ3v) is 4.98. The minimum absolute atomic E-state index is 0.131. The van der Waals surface area contributed by atoms with E-state index in [1.807, 2.05) is 17.5 Å². The number of thiophene rings is 1. The molecule has 0 unspecified atom stereocenters. The smallest absolute Gasteiger partial charge is 0.305 e. The minimum atomic E-state index is -0.944. The van der Waals surface area contributed by atoms with Gasteiger partial charge in [-0.05, 0) is 32.2 Å². The van der Waals surface area contributed by atoms with Crippen molar-refractivity contribution < 1.29 is 14.7 Å². The molecule has 0 saturated heterocycles. The molecule has 1 amide bonds. The first-order valence-electron chi connectivity index (χ1n) is 6.34. The van der Waals surface area contributed by atoms with Gasteiger partial charge in [-0.15, -0.1) is 22.7 Å². The molecule has 2 aromatic heterocycles. The van der Waals surface area contributed by atoms with E-state index < -0.39 is 11.5 Å². The molecule has 5 nitrogen and oxygen atoms in total. The number of rotatable bonds is 5. The predicted molar refractivity (Wildman–Crippen MR) is 84.0 cm³/mol. The first-order valence-corrected chi connectivity index (χ1v) is 8.04. The van der Waals surface area contributed by atoms with E-state index in [-0.39, 0.29) is 12.3 Å². The number of aryl methyl sites for hydroxylation is 1. The van der Waals surface area contributed by atoms with Crippen LogP contribution in [0.5, 0.6) is 0 Å². The summed E-state index contributed by atoms with van der Waals surface area (Å²) in [6, 6.07) is 3.89. The second-order valence-electron chi connectivity index (χ2n) is 5.32. The third kappa shape index (κ3) is 3.89. The molecule has 0 atom stereocenters. The zero-order valence-electron chi connectivity index (χ0n) is 12.0. The molecule has 21 heavy (non-hydrogen) atoms. The van der Waals surface area contributed by atoms with Gasteiger partial charge in [0.05, 0.1) is 17.0 Å². The lowest BCUT2D eigenvalue weighted by molar-refractivity contribution is -0.138. The Morgan fingerprint density at radius 3 is 2.71 bits per heavy atom. The molecule has 0 radical (unpaired) electrons. The van der Waals surface area contributed by atoms with Crippen molar-refractivity contribution in [2.45, 2.75) is 32.7 Å². The highest BCUT2D eigenvalue weighted by atomic mass is 32.1. The normalized spacial score (nSPS) is 11.4. The first-order chi connectivity index (χ1) is 9.78. The molecule has 2 aromatic rings. The molecule has 2 N–H and O–H groups in total. The van der Waals surface area contributed by atoms with E-state index in [1.165, 1.54) is 11.3 Å². The van der Waals surface area contributed by atoms with Crippen molar-refractivity contribution in [2.75, 3.05) is 0 Å². The van der Waals surface area contributed by atoms with Crippen molar-refractivity contribution in [3.8, 4) is 9.88 Å². The van der Waals surface area contributed by atoms with Crippen molar-refractivity contribution in [3.63, 3.8) is 0 Å². The van der Waals surface area contributed by atoms with Crippen molar-refractivity contribution in [2.24, 2.45) is 0 Å². The zero-order valence-corrected chi connectivity index (χ0v) is 13.6. The Balaban J connectivity index is 2.18. The summed E-state index contributed by atoms with van der Waals surface area (Å²) in [4.78, 5) is 29.1. The van der Waals surface area contributed by atoms with Crippen LogP contribution in [0.4, 0.5) is 0 Å². The van der Waals surface area contributed by atoms with E-state index in [2.05, 4.69) is 10.3 Å². The average Bonchev–Trinajstić information content (AvgIpc) is 2.94. The van der Waals surface area contributed by atoms with E-state index in [0.717, 1.165) is 9.88 Å². The van der Waals surface area contributed by atoms with E-state index in [4.69, 9.17) is 5.11 Å². The highest BCUT2D eigenvalue weighted by molar-refractivity contribution is 7.22. The van der Waals surface area contributed by atoms with Gasteiger partial charge in [0.2, 0.25) is 0 Å². The molecule has 0 fully saturated rings. The topological polar surface area (TPSA) is 79.3 Å². The van der Waals surface area contributed by atoms with Crippen LogP contribution >= 0.6 is 22.7 Å². The molecule has 0 saturated carbocycles. The number of hydrogen-bond donors (Lipinski definition) is 2. The van der Waals surface area contributed by atoms with E-state index >= 15 is 0 Å². The van der Waals surface area contributed by atoms with Crippen LogP contribution in [-0.4, -0.2) is 27.5 Å². The van der Waals surface area contributed by atoms with Crippen LogP contribution in [-0.2, 0) is 4.79 Å². The number of carbonyl (C=O) groups is 2. The standard InChI is InChI=1S/C14H16N2O3S2/c1-8-11(12(19)16-14(2,3)7-10(17)18)21-13(15-8)9-5-4-6-20-9/h4-6H,7H2,1-3H3,(H,16,19)(H,17,18). The maximum absolute atomic E-state index is 12.3. The summed E-state index contributed by atoms with van der Waals surface area (Å²) >= 11 is 2.89. The van der Waals surface area contributed by atoms with Crippen molar-refractivity contribution in [1.29, 1.82) is 0 Å². The predicted octanol–water partition coefficient (Wildman–Crippen LogP) is 3.16. The molecule has 0 bridgehead atoms. The highest BCUT2D eigenvalue weighted by Crippen LogP contribution is 2.31. The number of thiazole rings is 1. The van der Waals surface area contributed by atoms with E-state index in [1.54, 1.807) is 32.1 Å². The monoisotopic (exact) mass is 324 g/mol. The average molecular weight is 324 g/mol. The molecule has 0 aliphatic heterocycles. The first kappa shape index (κ1) is 15.7. The Kier molecular flexibility index (Phi) is 4.43. The Labute approximate surface area is 130 Å². The lowest BCUT2D eigenvalue weighted by Gasteiger charge is -2.23. The molecule has 2 heterocycles. The molecule has 112 valence electrons. The largest absolute Gasteiger partial charge is 0.481 e. The second kappa shape index (κ2) is 5.95. The van der Waals surface area contributed by atoms with Gasteiger partial charge in [-0.1, -0.05) is 6.07 Å². The summed E-state index contributed by atoms with van der Waals surface area (Å²) in [7, 11) is 0. The molecule has 2 rings (SSSR count). The Morgan fingerprint density at radius 1 is 1.43 bits per heavy atom. The molecule has 0 spiro atoms. The lowest BCUT2D eigenvalue weighted by atomic mass is 10.0. The Morgan fingerprint density at radius 2 is 2.14 bits per heavy atom. The van der Waals surface area contributed by atoms with Gasteiger partial charge in [0.25, 0.3) is 5.91 Å². The minimum Gasteiger partial charge on any atom is -0.481 e. The summed E-state index contributed by atoms with van der Waals surface area (Å²) in [5.74, 6) is -1.22. The third-order valence-electron chi connectivity index (χ3n) is 2.78.